The van der Waals surface area contributed by atoms with Crippen LogP contribution in [-0.2, 0) is 0 Å². The molecule has 1 N–H and O–H groups in total. The zero-order chi connectivity index (χ0) is 13.0. The van der Waals surface area contributed by atoms with Gasteiger partial charge in [-0.25, -0.2) is 0 Å². The zero-order valence-electron chi connectivity index (χ0n) is 12.2. The second-order valence-corrected chi connectivity index (χ2v) is 5.34. The summed E-state index contributed by atoms with van der Waals surface area (Å²) in [4.78, 5) is 0. The summed E-state index contributed by atoms with van der Waals surface area (Å²) < 4.78 is 2.18. The van der Waals surface area contributed by atoms with Crippen molar-refractivity contribution in [1.29, 1.82) is 0 Å². The number of aryl methyl sites for hydroxylation is 1. The van der Waals surface area contributed by atoms with Gasteiger partial charge in [-0.15, -0.1) is 0 Å². The third-order valence-electron chi connectivity index (χ3n) is 3.46. The lowest BCUT2D eigenvalue weighted by molar-refractivity contribution is 0.424. The predicted octanol–water partition coefficient (Wildman–Crippen LogP) is 3.15. The highest BCUT2D eigenvalue weighted by Crippen LogP contribution is 2.19. The maximum Gasteiger partial charge on any atom is 0.0625 e. The van der Waals surface area contributed by atoms with Crippen LogP contribution in [-0.4, -0.2) is 22.4 Å². The summed E-state index contributed by atoms with van der Waals surface area (Å²) in [6.07, 6.45) is 2.39. The van der Waals surface area contributed by atoms with Gasteiger partial charge in [0.25, 0.3) is 0 Å². The van der Waals surface area contributed by atoms with Crippen LogP contribution in [0, 0.1) is 20.8 Å². The molecule has 1 rings (SSSR count). The molecule has 17 heavy (non-hydrogen) atoms. The summed E-state index contributed by atoms with van der Waals surface area (Å²) >= 11 is 0. The van der Waals surface area contributed by atoms with Gasteiger partial charge in [-0.2, -0.15) is 5.10 Å². The second kappa shape index (κ2) is 6.20. The number of rotatable bonds is 6. The highest BCUT2D eigenvalue weighted by Gasteiger charge is 2.12. The van der Waals surface area contributed by atoms with Gasteiger partial charge in [0.15, 0.2) is 0 Å². The summed E-state index contributed by atoms with van der Waals surface area (Å²) in [5.74, 6) is 0. The number of nitrogens with one attached hydrogen (secondary N) is 1. The smallest absolute Gasteiger partial charge is 0.0625 e. The molecular formula is C14H27N3. The fraction of sp³-hybridized carbons (Fsp3) is 0.786. The van der Waals surface area contributed by atoms with Gasteiger partial charge < -0.3 is 5.32 Å². The first-order valence-corrected chi connectivity index (χ1v) is 6.69. The number of aromatic nitrogens is 2. The molecule has 1 aromatic heterocycles. The van der Waals surface area contributed by atoms with E-state index in [1.807, 2.05) is 0 Å². The quantitative estimate of drug-likeness (QED) is 0.770. The van der Waals surface area contributed by atoms with E-state index in [0.29, 0.717) is 12.1 Å². The lowest BCUT2D eigenvalue weighted by Gasteiger charge is -2.15. The van der Waals surface area contributed by atoms with E-state index < -0.39 is 0 Å². The average molecular weight is 237 g/mol. The van der Waals surface area contributed by atoms with Gasteiger partial charge in [-0.05, 0) is 52.6 Å². The van der Waals surface area contributed by atoms with Crippen molar-refractivity contribution in [3.63, 3.8) is 0 Å². The van der Waals surface area contributed by atoms with Crippen LogP contribution < -0.4 is 5.32 Å². The van der Waals surface area contributed by atoms with Crippen LogP contribution in [0.4, 0.5) is 0 Å². The van der Waals surface area contributed by atoms with E-state index >= 15 is 0 Å². The molecule has 3 nitrogen and oxygen atoms in total. The molecule has 0 aliphatic carbocycles. The van der Waals surface area contributed by atoms with Crippen molar-refractivity contribution in [2.45, 2.75) is 66.5 Å². The van der Waals surface area contributed by atoms with Crippen LogP contribution in [0.1, 0.15) is 56.6 Å². The average Bonchev–Trinajstić information content (AvgIpc) is 2.52. The van der Waals surface area contributed by atoms with Gasteiger partial charge in [0.1, 0.15) is 0 Å². The maximum absolute atomic E-state index is 4.62. The van der Waals surface area contributed by atoms with Gasteiger partial charge in [-0.3, -0.25) is 4.68 Å². The van der Waals surface area contributed by atoms with Crippen LogP contribution in [0.25, 0.3) is 0 Å². The summed E-state index contributed by atoms with van der Waals surface area (Å²) in [5.41, 5.74) is 3.80. The van der Waals surface area contributed by atoms with Crippen LogP contribution in [0.2, 0.25) is 0 Å². The summed E-state index contributed by atoms with van der Waals surface area (Å²) in [6, 6.07) is 1.08. The Bertz CT molecular complexity index is 353. The predicted molar refractivity (Wildman–Crippen MR) is 73.5 cm³/mol. The standard InChI is InChI=1S/C14H27N3/c1-10(2)15-9-7-8-11(3)17-14(6)12(4)13(5)16-17/h10-11,15H,7-9H2,1-6H3. The lowest BCUT2D eigenvalue weighted by Crippen LogP contribution is -2.24. The fourth-order valence-electron chi connectivity index (χ4n) is 2.08. The summed E-state index contributed by atoms with van der Waals surface area (Å²) in [6.45, 7) is 14.1. The molecule has 1 atom stereocenters. The van der Waals surface area contributed by atoms with Crippen LogP contribution in [0.15, 0.2) is 0 Å². The normalized spacial score (nSPS) is 13.4. The fourth-order valence-corrected chi connectivity index (χ4v) is 2.08. The first kappa shape index (κ1) is 14.2. The van der Waals surface area contributed by atoms with E-state index in [1.165, 1.54) is 24.1 Å². The first-order valence-electron chi connectivity index (χ1n) is 6.69. The molecule has 98 valence electrons. The third kappa shape index (κ3) is 3.84. The highest BCUT2D eigenvalue weighted by atomic mass is 15.3. The van der Waals surface area contributed by atoms with Gasteiger partial charge in [0.05, 0.1) is 5.69 Å². The van der Waals surface area contributed by atoms with E-state index in [9.17, 15) is 0 Å². The highest BCUT2D eigenvalue weighted by molar-refractivity contribution is 5.22. The molecule has 0 bridgehead atoms. The molecule has 0 fully saturated rings. The largest absolute Gasteiger partial charge is 0.315 e. The monoisotopic (exact) mass is 237 g/mol. The molecule has 0 spiro atoms. The number of hydrogen-bond donors (Lipinski definition) is 1. The molecular weight excluding hydrogens is 210 g/mol. The Morgan fingerprint density at radius 1 is 1.18 bits per heavy atom. The van der Waals surface area contributed by atoms with Crippen LogP contribution in [0.3, 0.4) is 0 Å². The Kier molecular flexibility index (Phi) is 5.19. The summed E-state index contributed by atoms with van der Waals surface area (Å²) in [7, 11) is 0. The van der Waals surface area contributed by atoms with Crippen molar-refractivity contribution < 1.29 is 0 Å². The van der Waals surface area contributed by atoms with Crippen molar-refractivity contribution >= 4 is 0 Å². The van der Waals surface area contributed by atoms with Crippen molar-refractivity contribution in [3.05, 3.63) is 17.0 Å². The van der Waals surface area contributed by atoms with E-state index in [0.717, 1.165) is 12.2 Å². The molecule has 0 saturated heterocycles. The van der Waals surface area contributed by atoms with Crippen molar-refractivity contribution in [3.8, 4) is 0 Å². The van der Waals surface area contributed by atoms with Crippen molar-refractivity contribution in [1.82, 2.24) is 15.1 Å². The van der Waals surface area contributed by atoms with E-state index in [2.05, 4.69) is 56.6 Å². The SMILES string of the molecule is Cc1nn(C(C)CCCNC(C)C)c(C)c1C. The Morgan fingerprint density at radius 3 is 2.29 bits per heavy atom. The number of hydrogen-bond acceptors (Lipinski definition) is 2. The van der Waals surface area contributed by atoms with Gasteiger partial charge in [0, 0.05) is 17.8 Å². The maximum atomic E-state index is 4.62. The van der Waals surface area contributed by atoms with Crippen molar-refractivity contribution in [2.75, 3.05) is 6.54 Å². The molecule has 1 unspecified atom stereocenters. The Hall–Kier alpha value is -0.830. The zero-order valence-corrected chi connectivity index (χ0v) is 12.2. The van der Waals surface area contributed by atoms with E-state index in [-0.39, 0.29) is 0 Å². The Balaban J connectivity index is 2.47. The first-order chi connectivity index (χ1) is 7.93. The topological polar surface area (TPSA) is 29.9 Å². The Morgan fingerprint density at radius 2 is 1.82 bits per heavy atom. The molecule has 0 radical (unpaired) electrons. The van der Waals surface area contributed by atoms with Crippen LogP contribution >= 0.6 is 0 Å². The third-order valence-corrected chi connectivity index (χ3v) is 3.46. The van der Waals surface area contributed by atoms with Crippen molar-refractivity contribution in [2.24, 2.45) is 0 Å². The summed E-state index contributed by atoms with van der Waals surface area (Å²) in [5, 5.41) is 8.07. The lowest BCUT2D eigenvalue weighted by atomic mass is 10.1. The molecule has 3 heteroatoms. The van der Waals surface area contributed by atoms with Gasteiger partial charge in [-0.1, -0.05) is 13.8 Å². The van der Waals surface area contributed by atoms with Gasteiger partial charge in [0.2, 0.25) is 0 Å². The molecule has 0 saturated carbocycles. The number of nitrogens with zero attached hydrogens (tertiary/aromatic N) is 2. The minimum absolute atomic E-state index is 0.497. The second-order valence-electron chi connectivity index (χ2n) is 5.34. The van der Waals surface area contributed by atoms with Crippen LogP contribution in [0.5, 0.6) is 0 Å². The molecule has 0 aliphatic rings. The molecule has 0 aromatic carbocycles. The molecule has 1 heterocycles. The van der Waals surface area contributed by atoms with Gasteiger partial charge >= 0.3 is 0 Å². The minimum atomic E-state index is 0.497. The van der Waals surface area contributed by atoms with E-state index in [4.69, 9.17) is 0 Å². The van der Waals surface area contributed by atoms with E-state index in [1.54, 1.807) is 0 Å². The molecule has 0 aliphatic heterocycles. The minimum Gasteiger partial charge on any atom is -0.315 e. The molecule has 0 amide bonds. The molecule has 1 aromatic rings. The Labute approximate surface area is 106 Å².